The first-order valence-electron chi connectivity index (χ1n) is 8.12. The minimum atomic E-state index is -3.64. The van der Waals surface area contributed by atoms with Crippen molar-refractivity contribution in [3.05, 3.63) is 29.8 Å². The van der Waals surface area contributed by atoms with Gasteiger partial charge in [0.2, 0.25) is 0 Å². The molecule has 24 heavy (non-hydrogen) atoms. The first-order chi connectivity index (χ1) is 11.6. The predicted molar refractivity (Wildman–Crippen MR) is 87.4 cm³/mol. The number of benzene rings is 1. The lowest BCUT2D eigenvalue weighted by molar-refractivity contribution is -0.623. The average Bonchev–Trinajstić information content (AvgIpc) is 2.56. The molecular weight excluding hydrogens is 336 g/mol. The molecule has 0 bridgehead atoms. The Kier molecular flexibility index (Phi) is 10.8. The van der Waals surface area contributed by atoms with Crippen LogP contribution >= 0.6 is 0 Å². The van der Waals surface area contributed by atoms with E-state index < -0.39 is 10.1 Å². The maximum absolute atomic E-state index is 12.0. The Morgan fingerprint density at radius 2 is 1.42 bits per heavy atom. The lowest BCUT2D eigenvalue weighted by atomic mass is 10.1. The van der Waals surface area contributed by atoms with Gasteiger partial charge in [0.1, 0.15) is 0 Å². The Morgan fingerprint density at radius 3 is 2.00 bits per heavy atom. The fourth-order valence-corrected chi connectivity index (χ4v) is 3.09. The summed E-state index contributed by atoms with van der Waals surface area (Å²) in [7, 11) is -3.64. The van der Waals surface area contributed by atoms with Crippen molar-refractivity contribution in [3.63, 3.8) is 0 Å². The van der Waals surface area contributed by atoms with Crippen LogP contribution in [0.3, 0.4) is 0 Å². The first kappa shape index (κ1) is 21.0. The summed E-state index contributed by atoms with van der Waals surface area (Å²) in [5, 5.41) is 15.0. The van der Waals surface area contributed by atoms with Crippen molar-refractivity contribution in [1.82, 2.24) is 0 Å². The van der Waals surface area contributed by atoms with Gasteiger partial charge in [0, 0.05) is 0 Å². The van der Waals surface area contributed by atoms with Crippen LogP contribution in [-0.2, 0) is 29.3 Å². The summed E-state index contributed by atoms with van der Waals surface area (Å²) in [6, 6.07) is 6.63. The van der Waals surface area contributed by atoms with Crippen LogP contribution in [0.25, 0.3) is 0 Å². The highest BCUT2D eigenvalue weighted by Gasteiger charge is 2.14. The Labute approximate surface area is 143 Å². The number of aryl methyl sites for hydroxylation is 1. The van der Waals surface area contributed by atoms with Crippen LogP contribution in [0.2, 0.25) is 0 Å². The van der Waals surface area contributed by atoms with E-state index in [4.69, 9.17) is 9.44 Å². The van der Waals surface area contributed by atoms with Crippen molar-refractivity contribution in [2.24, 2.45) is 0 Å². The van der Waals surface area contributed by atoms with E-state index in [2.05, 4.69) is 15.0 Å². The zero-order valence-electron chi connectivity index (χ0n) is 14.0. The van der Waals surface area contributed by atoms with Crippen LogP contribution in [0.1, 0.15) is 50.5 Å². The minimum absolute atomic E-state index is 0.200. The first-order valence-corrected chi connectivity index (χ1v) is 9.53. The summed E-state index contributed by atoms with van der Waals surface area (Å²) in [6.45, 7) is 2.48. The molecule has 0 unspecified atom stereocenters. The molecular formula is C16H26O7S. The number of rotatable bonds is 14. The summed E-state index contributed by atoms with van der Waals surface area (Å²) in [6.07, 6.45) is 6.63. The molecule has 1 N–H and O–H groups in total. The molecule has 7 nitrogen and oxygen atoms in total. The summed E-state index contributed by atoms with van der Waals surface area (Å²) in [5.74, 6) is 0. The van der Waals surface area contributed by atoms with Gasteiger partial charge in [-0.3, -0.25) is 4.18 Å². The van der Waals surface area contributed by atoms with E-state index in [-0.39, 0.29) is 11.5 Å². The van der Waals surface area contributed by atoms with Crippen molar-refractivity contribution in [3.8, 4) is 0 Å². The lowest BCUT2D eigenvalue weighted by Gasteiger charge is -2.06. The molecule has 0 aliphatic carbocycles. The Bertz CT molecular complexity index is 528. The maximum atomic E-state index is 12.0. The molecule has 0 saturated heterocycles. The number of hydrogen-bond donors (Lipinski definition) is 1. The molecule has 8 heteroatoms. The van der Waals surface area contributed by atoms with Crippen LogP contribution in [0, 0.1) is 6.92 Å². The molecule has 138 valence electrons. The molecule has 0 spiro atoms. The summed E-state index contributed by atoms with van der Waals surface area (Å²) in [4.78, 5) is 4.67. The third kappa shape index (κ3) is 9.31. The highest BCUT2D eigenvalue weighted by atomic mass is 32.2. The van der Waals surface area contributed by atoms with Gasteiger partial charge in [-0.25, -0.2) is 10.1 Å². The smallest absolute Gasteiger partial charge is 0.266 e. The molecule has 0 amide bonds. The highest BCUT2D eigenvalue weighted by molar-refractivity contribution is 7.86. The van der Waals surface area contributed by atoms with Crippen LogP contribution in [-0.4, -0.2) is 26.9 Å². The van der Waals surface area contributed by atoms with Gasteiger partial charge < -0.3 is 0 Å². The molecule has 0 radical (unpaired) electrons. The standard InChI is InChI=1S/C16H26O7S/c1-15-9-11-16(12-10-15)24(18,19)21-14-8-6-4-2-3-5-7-13-20-23-22-17/h9-12,17H,2-8,13-14H2,1H3. The van der Waals surface area contributed by atoms with Crippen molar-refractivity contribution < 1.29 is 32.8 Å². The van der Waals surface area contributed by atoms with Crippen molar-refractivity contribution >= 4 is 10.1 Å². The van der Waals surface area contributed by atoms with Crippen LogP contribution < -0.4 is 0 Å². The Morgan fingerprint density at radius 1 is 0.875 bits per heavy atom. The normalized spacial score (nSPS) is 11.8. The maximum Gasteiger partial charge on any atom is 0.296 e. The zero-order chi connectivity index (χ0) is 17.7. The third-order valence-corrected chi connectivity index (χ3v) is 4.83. The van der Waals surface area contributed by atoms with Crippen LogP contribution in [0.15, 0.2) is 29.2 Å². The van der Waals surface area contributed by atoms with Gasteiger partial charge in [0.15, 0.2) is 0 Å². The summed E-state index contributed by atoms with van der Waals surface area (Å²) < 4.78 is 29.0. The summed E-state index contributed by atoms with van der Waals surface area (Å²) >= 11 is 0. The molecule has 0 aliphatic heterocycles. The van der Waals surface area contributed by atoms with E-state index in [0.717, 1.165) is 50.5 Å². The van der Waals surface area contributed by atoms with Gasteiger partial charge in [-0.1, -0.05) is 49.8 Å². The SMILES string of the molecule is Cc1ccc(S(=O)(=O)OCCCCCCCCCOOOO)cc1. The Hall–Kier alpha value is -1.03. The van der Waals surface area contributed by atoms with Gasteiger partial charge in [0.25, 0.3) is 10.1 Å². The fourth-order valence-electron chi connectivity index (χ4n) is 2.14. The third-order valence-electron chi connectivity index (χ3n) is 3.50. The highest BCUT2D eigenvalue weighted by Crippen LogP contribution is 2.14. The Balaban J connectivity index is 2.01. The molecule has 0 heterocycles. The molecule has 0 fully saturated rings. The predicted octanol–water partition coefficient (Wildman–Crippen LogP) is 3.78. The van der Waals surface area contributed by atoms with Gasteiger partial charge in [-0.2, -0.15) is 8.42 Å². The number of hydrogen-bond acceptors (Lipinski definition) is 7. The van der Waals surface area contributed by atoms with E-state index in [1.807, 2.05) is 6.92 Å². The second-order valence-corrected chi connectivity index (χ2v) is 7.14. The molecule has 0 saturated carbocycles. The van der Waals surface area contributed by atoms with Crippen molar-refractivity contribution in [2.45, 2.75) is 56.8 Å². The second-order valence-electron chi connectivity index (χ2n) is 5.53. The molecule has 1 aromatic rings. The molecule has 0 aromatic heterocycles. The van der Waals surface area contributed by atoms with Gasteiger partial charge in [-0.15, -0.1) is 0 Å². The van der Waals surface area contributed by atoms with Gasteiger partial charge in [0.05, 0.1) is 18.1 Å². The second kappa shape index (κ2) is 12.3. The number of unbranched alkanes of at least 4 members (excludes halogenated alkanes) is 6. The fraction of sp³-hybridized carbons (Fsp3) is 0.625. The zero-order valence-corrected chi connectivity index (χ0v) is 14.8. The van der Waals surface area contributed by atoms with E-state index in [1.54, 1.807) is 24.3 Å². The molecule has 1 aromatic carbocycles. The molecule has 0 atom stereocenters. The van der Waals surface area contributed by atoms with Gasteiger partial charge in [-0.05, 0) is 42.0 Å². The van der Waals surface area contributed by atoms with E-state index in [1.165, 1.54) is 0 Å². The molecule has 1 rings (SSSR count). The van der Waals surface area contributed by atoms with Crippen molar-refractivity contribution in [1.29, 1.82) is 0 Å². The quantitative estimate of drug-likeness (QED) is 0.233. The topological polar surface area (TPSA) is 91.3 Å². The molecule has 0 aliphatic rings. The van der Waals surface area contributed by atoms with Crippen molar-refractivity contribution in [2.75, 3.05) is 13.2 Å². The van der Waals surface area contributed by atoms with Crippen LogP contribution in [0.5, 0.6) is 0 Å². The van der Waals surface area contributed by atoms with Crippen LogP contribution in [0.4, 0.5) is 0 Å². The lowest BCUT2D eigenvalue weighted by Crippen LogP contribution is -2.07. The van der Waals surface area contributed by atoms with E-state index in [0.29, 0.717) is 6.61 Å². The summed E-state index contributed by atoms with van der Waals surface area (Å²) in [5.41, 5.74) is 1.01. The minimum Gasteiger partial charge on any atom is -0.266 e. The van der Waals surface area contributed by atoms with E-state index in [9.17, 15) is 8.42 Å². The van der Waals surface area contributed by atoms with Gasteiger partial charge >= 0.3 is 0 Å². The largest absolute Gasteiger partial charge is 0.296 e. The monoisotopic (exact) mass is 362 g/mol. The van der Waals surface area contributed by atoms with E-state index >= 15 is 0 Å². The average molecular weight is 362 g/mol.